The molecule has 0 heterocycles. The molecule has 106 valence electrons. The van der Waals surface area contributed by atoms with Crippen LogP contribution in [0.1, 0.15) is 24.0 Å². The summed E-state index contributed by atoms with van der Waals surface area (Å²) in [7, 11) is 0. The number of aliphatic hydroxyl groups excluding tert-OH is 1. The van der Waals surface area contributed by atoms with E-state index < -0.39 is 5.82 Å². The normalized spacial score (nSPS) is 13.8. The van der Waals surface area contributed by atoms with E-state index in [9.17, 15) is 9.18 Å². The number of benzene rings is 1. The summed E-state index contributed by atoms with van der Waals surface area (Å²) < 4.78 is 13.1. The minimum absolute atomic E-state index is 0. The van der Waals surface area contributed by atoms with Crippen molar-refractivity contribution in [1.82, 2.24) is 10.6 Å². The molecule has 0 saturated heterocycles. The highest BCUT2D eigenvalue weighted by atomic mass is 35.5. The van der Waals surface area contributed by atoms with Crippen LogP contribution in [0.5, 0.6) is 0 Å². The Balaban J connectivity index is 0.00000180. The molecule has 4 nitrogen and oxygen atoms in total. The molecule has 0 spiro atoms. The molecular weight excluding hydrogens is 271 g/mol. The summed E-state index contributed by atoms with van der Waals surface area (Å²) in [5.41, 5.74) is 1.03. The number of rotatable bonds is 6. The van der Waals surface area contributed by atoms with Crippen molar-refractivity contribution in [3.05, 3.63) is 35.1 Å². The van der Waals surface area contributed by atoms with Crippen LogP contribution in [0.2, 0.25) is 0 Å². The quantitative estimate of drug-likeness (QED) is 0.735. The molecule has 0 atom stereocenters. The van der Waals surface area contributed by atoms with Crippen molar-refractivity contribution in [3.63, 3.8) is 0 Å². The SMILES string of the molecule is Cl.O=C(CNC1CC1)NCc1ccc(F)c(CO)c1. The molecule has 0 radical (unpaired) electrons. The van der Waals surface area contributed by atoms with Crippen molar-refractivity contribution < 1.29 is 14.3 Å². The molecule has 0 aliphatic heterocycles. The molecule has 0 unspecified atom stereocenters. The van der Waals surface area contributed by atoms with Crippen molar-refractivity contribution in [2.45, 2.75) is 32.0 Å². The number of carbonyl (C=O) groups is 1. The van der Waals surface area contributed by atoms with Crippen LogP contribution >= 0.6 is 12.4 Å². The van der Waals surface area contributed by atoms with Gasteiger partial charge in [0.2, 0.25) is 5.91 Å². The summed E-state index contributed by atoms with van der Waals surface area (Å²) in [6, 6.07) is 4.96. The lowest BCUT2D eigenvalue weighted by atomic mass is 10.1. The maximum Gasteiger partial charge on any atom is 0.234 e. The highest BCUT2D eigenvalue weighted by molar-refractivity contribution is 5.85. The largest absolute Gasteiger partial charge is 0.392 e. The van der Waals surface area contributed by atoms with Crippen LogP contribution in [0.4, 0.5) is 4.39 Å². The molecule has 0 aromatic heterocycles. The summed E-state index contributed by atoms with van der Waals surface area (Å²) in [6.45, 7) is 0.327. The lowest BCUT2D eigenvalue weighted by molar-refractivity contribution is -0.120. The topological polar surface area (TPSA) is 61.4 Å². The predicted molar refractivity (Wildman–Crippen MR) is 72.4 cm³/mol. The molecule has 1 aliphatic carbocycles. The average Bonchev–Trinajstić information content (AvgIpc) is 3.19. The summed E-state index contributed by atoms with van der Waals surface area (Å²) in [5, 5.41) is 14.8. The minimum atomic E-state index is -0.428. The first-order valence-corrected chi connectivity index (χ1v) is 6.07. The fourth-order valence-electron chi connectivity index (χ4n) is 1.65. The fourth-order valence-corrected chi connectivity index (χ4v) is 1.65. The molecular formula is C13H18ClFN2O2. The third-order valence-corrected chi connectivity index (χ3v) is 2.90. The average molecular weight is 289 g/mol. The van der Waals surface area contributed by atoms with Crippen LogP contribution < -0.4 is 10.6 Å². The molecule has 1 aliphatic rings. The summed E-state index contributed by atoms with van der Waals surface area (Å²) >= 11 is 0. The number of hydrogen-bond acceptors (Lipinski definition) is 3. The Labute approximate surface area is 117 Å². The molecule has 6 heteroatoms. The Morgan fingerprint density at radius 1 is 1.42 bits per heavy atom. The molecule has 2 rings (SSSR count). The Hall–Kier alpha value is -1.17. The summed E-state index contributed by atoms with van der Waals surface area (Å²) in [5.74, 6) is -0.500. The second kappa shape index (κ2) is 7.43. The highest BCUT2D eigenvalue weighted by Gasteiger charge is 2.20. The van der Waals surface area contributed by atoms with E-state index in [1.54, 1.807) is 12.1 Å². The first kappa shape index (κ1) is 15.9. The van der Waals surface area contributed by atoms with Gasteiger partial charge in [-0.1, -0.05) is 6.07 Å². The van der Waals surface area contributed by atoms with Gasteiger partial charge in [0, 0.05) is 18.2 Å². The van der Waals surface area contributed by atoms with Crippen LogP contribution in [-0.4, -0.2) is 23.6 Å². The maximum absolute atomic E-state index is 13.1. The smallest absolute Gasteiger partial charge is 0.234 e. The zero-order valence-corrected chi connectivity index (χ0v) is 11.3. The van der Waals surface area contributed by atoms with Gasteiger partial charge in [-0.3, -0.25) is 4.79 Å². The maximum atomic E-state index is 13.1. The van der Waals surface area contributed by atoms with Gasteiger partial charge in [-0.15, -0.1) is 12.4 Å². The first-order chi connectivity index (χ1) is 8.69. The summed E-state index contributed by atoms with van der Waals surface area (Å²) in [6.07, 6.45) is 2.29. The first-order valence-electron chi connectivity index (χ1n) is 6.07. The highest BCUT2D eigenvalue weighted by Crippen LogP contribution is 2.17. The van der Waals surface area contributed by atoms with Gasteiger partial charge in [0.1, 0.15) is 5.82 Å². The van der Waals surface area contributed by atoms with Gasteiger partial charge in [-0.2, -0.15) is 0 Å². The molecule has 1 saturated carbocycles. The fraction of sp³-hybridized carbons (Fsp3) is 0.462. The Bertz CT molecular complexity index is 439. The van der Waals surface area contributed by atoms with Crippen LogP contribution in [0.15, 0.2) is 18.2 Å². The molecule has 3 N–H and O–H groups in total. The van der Waals surface area contributed by atoms with Crippen molar-refractivity contribution >= 4 is 18.3 Å². The number of carbonyl (C=O) groups excluding carboxylic acids is 1. The Morgan fingerprint density at radius 3 is 2.79 bits per heavy atom. The second-order valence-corrected chi connectivity index (χ2v) is 4.52. The van der Waals surface area contributed by atoms with E-state index in [2.05, 4.69) is 10.6 Å². The van der Waals surface area contributed by atoms with Gasteiger partial charge in [0.05, 0.1) is 13.2 Å². The van der Waals surface area contributed by atoms with Crippen LogP contribution in [0.25, 0.3) is 0 Å². The van der Waals surface area contributed by atoms with Gasteiger partial charge >= 0.3 is 0 Å². The van der Waals surface area contributed by atoms with E-state index in [0.29, 0.717) is 19.1 Å². The minimum Gasteiger partial charge on any atom is -0.392 e. The Morgan fingerprint density at radius 2 is 2.16 bits per heavy atom. The third-order valence-electron chi connectivity index (χ3n) is 2.90. The van der Waals surface area contributed by atoms with Gasteiger partial charge in [0.15, 0.2) is 0 Å². The molecule has 0 bridgehead atoms. The van der Waals surface area contributed by atoms with Crippen molar-refractivity contribution in [2.75, 3.05) is 6.54 Å². The van der Waals surface area contributed by atoms with E-state index >= 15 is 0 Å². The standard InChI is InChI=1S/C13H17FN2O2.ClH/c14-12-4-1-9(5-10(12)8-17)6-16-13(18)7-15-11-2-3-11;/h1,4-5,11,15,17H,2-3,6-8H2,(H,16,18);1H. The van der Waals surface area contributed by atoms with E-state index in [4.69, 9.17) is 5.11 Å². The van der Waals surface area contributed by atoms with Gasteiger partial charge < -0.3 is 15.7 Å². The van der Waals surface area contributed by atoms with Crippen LogP contribution in [0, 0.1) is 5.82 Å². The molecule has 19 heavy (non-hydrogen) atoms. The Kier molecular flexibility index (Phi) is 6.21. The van der Waals surface area contributed by atoms with Crippen LogP contribution in [0.3, 0.4) is 0 Å². The van der Waals surface area contributed by atoms with Gasteiger partial charge in [0.25, 0.3) is 0 Å². The number of amides is 1. The number of nitrogens with one attached hydrogen (secondary N) is 2. The lowest BCUT2D eigenvalue weighted by Gasteiger charge is -2.07. The van der Waals surface area contributed by atoms with Crippen molar-refractivity contribution in [2.24, 2.45) is 0 Å². The van der Waals surface area contributed by atoms with Gasteiger partial charge in [-0.05, 0) is 30.5 Å². The zero-order chi connectivity index (χ0) is 13.0. The summed E-state index contributed by atoms with van der Waals surface area (Å²) in [4.78, 5) is 11.5. The zero-order valence-electron chi connectivity index (χ0n) is 10.5. The molecule has 1 amide bonds. The molecule has 1 aromatic rings. The lowest BCUT2D eigenvalue weighted by Crippen LogP contribution is -2.34. The van der Waals surface area contributed by atoms with E-state index in [1.807, 2.05) is 0 Å². The molecule has 1 fully saturated rings. The monoisotopic (exact) mass is 288 g/mol. The van der Waals surface area contributed by atoms with Crippen LogP contribution in [-0.2, 0) is 17.9 Å². The van der Waals surface area contributed by atoms with Crippen molar-refractivity contribution in [1.29, 1.82) is 0 Å². The van der Waals surface area contributed by atoms with E-state index in [0.717, 1.165) is 18.4 Å². The van der Waals surface area contributed by atoms with E-state index in [1.165, 1.54) is 6.07 Å². The number of halogens is 2. The second-order valence-electron chi connectivity index (χ2n) is 4.52. The van der Waals surface area contributed by atoms with Gasteiger partial charge in [-0.25, -0.2) is 4.39 Å². The van der Waals surface area contributed by atoms with E-state index in [-0.39, 0.29) is 30.5 Å². The number of hydrogen-bond donors (Lipinski definition) is 3. The number of aliphatic hydroxyl groups is 1. The van der Waals surface area contributed by atoms with Crippen molar-refractivity contribution in [3.8, 4) is 0 Å². The molecule has 1 aromatic carbocycles. The predicted octanol–water partition coefficient (Wildman–Crippen LogP) is 1.11. The third kappa shape index (κ3) is 5.14.